The van der Waals surface area contributed by atoms with E-state index in [1.165, 1.54) is 18.4 Å². The van der Waals surface area contributed by atoms with Gasteiger partial charge >= 0.3 is 0 Å². The zero-order valence-corrected chi connectivity index (χ0v) is 16.2. The SMILES string of the molecule is CC(C)CN(C/C=C/c1ccccc1)C(=O)C1CC2(CCNCC2)CN1. The number of nitrogens with one attached hydrogen (secondary N) is 2. The van der Waals surface area contributed by atoms with Crippen LogP contribution in [-0.2, 0) is 4.79 Å². The number of rotatable bonds is 6. The van der Waals surface area contributed by atoms with Gasteiger partial charge in [0.05, 0.1) is 6.04 Å². The van der Waals surface area contributed by atoms with Gasteiger partial charge in [-0.15, -0.1) is 0 Å². The fourth-order valence-electron chi connectivity index (χ4n) is 4.23. The smallest absolute Gasteiger partial charge is 0.240 e. The first kappa shape index (κ1) is 19.1. The Balaban J connectivity index is 1.61. The Bertz CT molecular complexity index is 605. The maximum atomic E-state index is 13.2. The van der Waals surface area contributed by atoms with Gasteiger partial charge in [-0.25, -0.2) is 0 Å². The van der Waals surface area contributed by atoms with Crippen molar-refractivity contribution in [3.05, 3.63) is 42.0 Å². The van der Waals surface area contributed by atoms with Crippen LogP contribution in [-0.4, -0.2) is 49.6 Å². The van der Waals surface area contributed by atoms with E-state index in [-0.39, 0.29) is 11.9 Å². The van der Waals surface area contributed by atoms with Crippen LogP contribution in [0.25, 0.3) is 6.08 Å². The van der Waals surface area contributed by atoms with Crippen LogP contribution in [0, 0.1) is 11.3 Å². The second kappa shape index (κ2) is 8.83. The lowest BCUT2D eigenvalue weighted by Crippen LogP contribution is -2.45. The number of carbonyl (C=O) groups is 1. The quantitative estimate of drug-likeness (QED) is 0.825. The van der Waals surface area contributed by atoms with E-state index in [9.17, 15) is 4.79 Å². The van der Waals surface area contributed by atoms with E-state index in [2.05, 4.69) is 48.8 Å². The number of hydrogen-bond acceptors (Lipinski definition) is 3. The van der Waals surface area contributed by atoms with Crippen LogP contribution < -0.4 is 10.6 Å². The molecule has 0 bridgehead atoms. The van der Waals surface area contributed by atoms with Crippen molar-refractivity contribution in [2.75, 3.05) is 32.7 Å². The molecular weight excluding hydrogens is 322 g/mol. The van der Waals surface area contributed by atoms with E-state index in [1.54, 1.807) is 0 Å². The Labute approximate surface area is 158 Å². The van der Waals surface area contributed by atoms with Gasteiger partial charge in [0.15, 0.2) is 0 Å². The van der Waals surface area contributed by atoms with Crippen molar-refractivity contribution in [3.63, 3.8) is 0 Å². The van der Waals surface area contributed by atoms with Crippen LogP contribution in [0.5, 0.6) is 0 Å². The van der Waals surface area contributed by atoms with Crippen LogP contribution in [0.1, 0.15) is 38.7 Å². The zero-order valence-electron chi connectivity index (χ0n) is 16.2. The average Bonchev–Trinajstić information content (AvgIpc) is 3.05. The van der Waals surface area contributed by atoms with E-state index < -0.39 is 0 Å². The predicted octanol–water partition coefficient (Wildman–Crippen LogP) is 2.92. The van der Waals surface area contributed by atoms with Crippen LogP contribution in [0.4, 0.5) is 0 Å². The minimum atomic E-state index is -0.0167. The zero-order chi connectivity index (χ0) is 18.4. The lowest BCUT2D eigenvalue weighted by molar-refractivity contribution is -0.133. The first-order valence-corrected chi connectivity index (χ1v) is 10.0. The molecule has 2 aliphatic heterocycles. The van der Waals surface area contributed by atoms with Gasteiger partial charge in [-0.3, -0.25) is 4.79 Å². The lowest BCUT2D eigenvalue weighted by atomic mass is 9.77. The maximum Gasteiger partial charge on any atom is 0.240 e. The summed E-state index contributed by atoms with van der Waals surface area (Å²) in [5.74, 6) is 0.741. The van der Waals surface area contributed by atoms with Gasteiger partial charge in [-0.1, -0.05) is 56.3 Å². The molecule has 2 heterocycles. The summed E-state index contributed by atoms with van der Waals surface area (Å²) in [5.41, 5.74) is 1.51. The number of amides is 1. The van der Waals surface area contributed by atoms with Crippen molar-refractivity contribution in [2.45, 2.75) is 39.2 Å². The molecule has 1 unspecified atom stereocenters. The largest absolute Gasteiger partial charge is 0.337 e. The monoisotopic (exact) mass is 355 g/mol. The molecule has 0 aromatic heterocycles. The summed E-state index contributed by atoms with van der Waals surface area (Å²) in [6.45, 7) is 9.00. The van der Waals surface area contributed by atoms with Gasteiger partial charge in [0.25, 0.3) is 0 Å². The molecule has 1 aromatic rings. The van der Waals surface area contributed by atoms with Crippen molar-refractivity contribution < 1.29 is 4.79 Å². The second-order valence-corrected chi connectivity index (χ2v) is 8.34. The molecule has 0 radical (unpaired) electrons. The molecule has 1 amide bonds. The Kier molecular flexibility index (Phi) is 6.49. The summed E-state index contributed by atoms with van der Waals surface area (Å²) in [6, 6.07) is 10.3. The first-order chi connectivity index (χ1) is 12.6. The third-order valence-electron chi connectivity index (χ3n) is 5.66. The average molecular weight is 356 g/mol. The van der Waals surface area contributed by atoms with Gasteiger partial charge in [0.1, 0.15) is 0 Å². The van der Waals surface area contributed by atoms with Gasteiger partial charge in [0, 0.05) is 19.6 Å². The van der Waals surface area contributed by atoms with Crippen LogP contribution >= 0.6 is 0 Å². The van der Waals surface area contributed by atoms with E-state index in [1.807, 2.05) is 23.1 Å². The van der Waals surface area contributed by atoms with E-state index in [4.69, 9.17) is 0 Å². The van der Waals surface area contributed by atoms with Gasteiger partial charge in [0.2, 0.25) is 5.91 Å². The Morgan fingerprint density at radius 1 is 1.27 bits per heavy atom. The third kappa shape index (κ3) is 4.95. The first-order valence-electron chi connectivity index (χ1n) is 10.0. The molecule has 2 saturated heterocycles. The minimum Gasteiger partial charge on any atom is -0.337 e. The molecule has 1 atom stereocenters. The van der Waals surface area contributed by atoms with Crippen LogP contribution in [0.15, 0.2) is 36.4 Å². The molecule has 2 aliphatic rings. The van der Waals surface area contributed by atoms with Crippen molar-refractivity contribution >= 4 is 12.0 Å². The molecule has 0 aliphatic carbocycles. The number of hydrogen-bond donors (Lipinski definition) is 2. The molecule has 26 heavy (non-hydrogen) atoms. The summed E-state index contributed by atoms with van der Waals surface area (Å²) >= 11 is 0. The highest BCUT2D eigenvalue weighted by atomic mass is 16.2. The highest BCUT2D eigenvalue weighted by molar-refractivity contribution is 5.82. The summed E-state index contributed by atoms with van der Waals surface area (Å²) in [5, 5.41) is 6.98. The fourth-order valence-corrected chi connectivity index (χ4v) is 4.23. The Hall–Kier alpha value is -1.65. The summed E-state index contributed by atoms with van der Waals surface area (Å²) < 4.78 is 0. The molecule has 1 aromatic carbocycles. The predicted molar refractivity (Wildman–Crippen MR) is 108 cm³/mol. The summed E-state index contributed by atoms with van der Waals surface area (Å²) in [4.78, 5) is 15.2. The number of benzene rings is 1. The molecule has 4 heteroatoms. The molecule has 3 rings (SSSR count). The van der Waals surface area contributed by atoms with Gasteiger partial charge in [-0.05, 0) is 49.2 Å². The summed E-state index contributed by atoms with van der Waals surface area (Å²) in [6.07, 6.45) is 7.58. The van der Waals surface area contributed by atoms with Crippen molar-refractivity contribution in [3.8, 4) is 0 Å². The number of nitrogens with zero attached hydrogens (tertiary/aromatic N) is 1. The van der Waals surface area contributed by atoms with E-state index >= 15 is 0 Å². The molecule has 0 saturated carbocycles. The van der Waals surface area contributed by atoms with Crippen molar-refractivity contribution in [1.29, 1.82) is 0 Å². The minimum absolute atomic E-state index is 0.0167. The molecule has 2 N–H and O–H groups in total. The highest BCUT2D eigenvalue weighted by Gasteiger charge is 2.43. The number of piperidine rings is 1. The van der Waals surface area contributed by atoms with Gasteiger partial charge in [-0.2, -0.15) is 0 Å². The van der Waals surface area contributed by atoms with Crippen molar-refractivity contribution in [2.24, 2.45) is 11.3 Å². The summed E-state index contributed by atoms with van der Waals surface area (Å²) in [7, 11) is 0. The van der Waals surface area contributed by atoms with Crippen LogP contribution in [0.3, 0.4) is 0 Å². The molecule has 142 valence electrons. The van der Waals surface area contributed by atoms with Gasteiger partial charge < -0.3 is 15.5 Å². The van der Waals surface area contributed by atoms with E-state index in [0.29, 0.717) is 17.9 Å². The molecule has 4 nitrogen and oxygen atoms in total. The van der Waals surface area contributed by atoms with E-state index in [0.717, 1.165) is 32.6 Å². The lowest BCUT2D eigenvalue weighted by Gasteiger charge is -2.33. The topological polar surface area (TPSA) is 44.4 Å². The second-order valence-electron chi connectivity index (χ2n) is 8.34. The Morgan fingerprint density at radius 3 is 2.69 bits per heavy atom. The normalized spacial score (nSPS) is 22.3. The highest BCUT2D eigenvalue weighted by Crippen LogP contribution is 2.37. The third-order valence-corrected chi connectivity index (χ3v) is 5.66. The standard InChI is InChI=1S/C22H33N3O/c1-18(2)16-25(14-6-9-19-7-4-3-5-8-19)21(26)20-15-22(17-24-20)10-12-23-13-11-22/h3-9,18,20,23-24H,10-17H2,1-2H3/b9-6+. The Morgan fingerprint density at radius 2 is 2.00 bits per heavy atom. The number of carbonyl (C=O) groups excluding carboxylic acids is 1. The maximum absolute atomic E-state index is 13.2. The fraction of sp³-hybridized carbons (Fsp3) is 0.591. The van der Waals surface area contributed by atoms with Crippen molar-refractivity contribution in [1.82, 2.24) is 15.5 Å². The molecule has 1 spiro atoms. The van der Waals surface area contributed by atoms with Crippen LogP contribution in [0.2, 0.25) is 0 Å². The molecular formula is C22H33N3O. The molecule has 2 fully saturated rings.